The lowest BCUT2D eigenvalue weighted by molar-refractivity contribution is -0.123. The lowest BCUT2D eigenvalue weighted by Crippen LogP contribution is -2.41. The molecule has 0 aromatic carbocycles. The van der Waals surface area contributed by atoms with E-state index >= 15 is 0 Å². The molecule has 3 heteroatoms. The minimum Gasteiger partial charge on any atom is -0.339 e. The summed E-state index contributed by atoms with van der Waals surface area (Å²) in [7, 11) is 1.82. The summed E-state index contributed by atoms with van der Waals surface area (Å²) in [5, 5.41) is 0. The first-order valence-corrected chi connectivity index (χ1v) is 3.92. The van der Waals surface area contributed by atoms with Crippen LogP contribution in [0.2, 0.25) is 0 Å². The molecule has 0 bridgehead atoms. The summed E-state index contributed by atoms with van der Waals surface area (Å²) in [4.78, 5) is 17.3. The van der Waals surface area contributed by atoms with Crippen LogP contribution in [0.4, 0.5) is 0 Å². The summed E-state index contributed by atoms with van der Waals surface area (Å²) in [6.07, 6.45) is 0. The fourth-order valence-electron chi connectivity index (χ4n) is 1.11. The van der Waals surface area contributed by atoms with Crippen molar-refractivity contribution >= 4 is 11.6 Å². The van der Waals surface area contributed by atoms with Crippen molar-refractivity contribution in [2.45, 2.75) is 13.8 Å². The fraction of sp³-hybridized carbons (Fsp3) is 0.750. The maximum Gasteiger partial charge on any atom is 0.267 e. The van der Waals surface area contributed by atoms with Gasteiger partial charge in [-0.25, -0.2) is 0 Å². The van der Waals surface area contributed by atoms with Gasteiger partial charge in [-0.3, -0.25) is 9.79 Å². The third kappa shape index (κ3) is 1.59. The van der Waals surface area contributed by atoms with Crippen LogP contribution >= 0.6 is 0 Å². The number of nitrogens with zero attached hydrogens (tertiary/aromatic N) is 2. The Morgan fingerprint density at radius 3 is 2.64 bits per heavy atom. The van der Waals surface area contributed by atoms with Gasteiger partial charge in [0.05, 0.1) is 6.54 Å². The number of carbonyl (C=O) groups excluding carboxylic acids is 1. The third-order valence-electron chi connectivity index (χ3n) is 1.83. The molecule has 1 amide bonds. The molecule has 0 fully saturated rings. The first kappa shape index (κ1) is 8.24. The van der Waals surface area contributed by atoms with Crippen LogP contribution in [0.3, 0.4) is 0 Å². The Bertz CT molecular complexity index is 196. The first-order valence-electron chi connectivity index (χ1n) is 3.92. The normalized spacial score (nSPS) is 19.1. The molecule has 0 aromatic heterocycles. The predicted octanol–water partition coefficient (Wildman–Crippen LogP) is 0.555. The molecule has 0 spiro atoms. The second-order valence-electron chi connectivity index (χ2n) is 3.15. The summed E-state index contributed by atoms with van der Waals surface area (Å²) in [5.74, 6) is 0.344. The first-order chi connectivity index (χ1) is 5.13. The molecule has 1 rings (SSSR count). The number of rotatable bonds is 1. The van der Waals surface area contributed by atoms with E-state index in [-0.39, 0.29) is 11.8 Å². The van der Waals surface area contributed by atoms with Crippen molar-refractivity contribution in [2.75, 3.05) is 20.1 Å². The van der Waals surface area contributed by atoms with Gasteiger partial charge in [0.15, 0.2) is 0 Å². The van der Waals surface area contributed by atoms with Crippen molar-refractivity contribution < 1.29 is 4.79 Å². The monoisotopic (exact) mass is 154 g/mol. The van der Waals surface area contributed by atoms with Crippen LogP contribution in [0.5, 0.6) is 0 Å². The molecule has 0 radical (unpaired) electrons. The van der Waals surface area contributed by atoms with Gasteiger partial charge in [-0.2, -0.15) is 0 Å². The molecule has 11 heavy (non-hydrogen) atoms. The maximum atomic E-state index is 11.4. The predicted molar refractivity (Wildman–Crippen MR) is 44.8 cm³/mol. The molecule has 0 saturated carbocycles. The lowest BCUT2D eigenvalue weighted by atomic mass is 10.1. The zero-order chi connectivity index (χ0) is 8.43. The highest BCUT2D eigenvalue weighted by Gasteiger charge is 2.21. The van der Waals surface area contributed by atoms with Crippen molar-refractivity contribution in [1.82, 2.24) is 4.90 Å². The highest BCUT2D eigenvalue weighted by atomic mass is 16.2. The second-order valence-corrected chi connectivity index (χ2v) is 3.15. The zero-order valence-electron chi connectivity index (χ0n) is 7.29. The van der Waals surface area contributed by atoms with Gasteiger partial charge in [-0.1, -0.05) is 13.8 Å². The number of aliphatic imine (C=N–C) groups is 1. The number of carbonyl (C=O) groups is 1. The van der Waals surface area contributed by atoms with E-state index in [1.807, 2.05) is 20.9 Å². The molecule has 3 nitrogen and oxygen atoms in total. The average Bonchev–Trinajstić information content (AvgIpc) is 1.94. The van der Waals surface area contributed by atoms with Gasteiger partial charge >= 0.3 is 0 Å². The van der Waals surface area contributed by atoms with Gasteiger partial charge < -0.3 is 4.90 Å². The Morgan fingerprint density at radius 1 is 1.55 bits per heavy atom. The van der Waals surface area contributed by atoms with Gasteiger partial charge in [0.1, 0.15) is 5.71 Å². The lowest BCUT2D eigenvalue weighted by Gasteiger charge is -2.23. The number of hydrogen-bond acceptors (Lipinski definition) is 2. The summed E-state index contributed by atoms with van der Waals surface area (Å²) in [6, 6.07) is 0. The van der Waals surface area contributed by atoms with E-state index in [1.165, 1.54) is 0 Å². The molecule has 0 unspecified atom stereocenters. The van der Waals surface area contributed by atoms with Crippen LogP contribution in [-0.4, -0.2) is 36.7 Å². The van der Waals surface area contributed by atoms with Crippen LogP contribution in [0.15, 0.2) is 4.99 Å². The van der Waals surface area contributed by atoms with Crippen LogP contribution in [0.1, 0.15) is 13.8 Å². The van der Waals surface area contributed by atoms with Crippen molar-refractivity contribution in [2.24, 2.45) is 10.9 Å². The minimum absolute atomic E-state index is 0.0891. The van der Waals surface area contributed by atoms with Gasteiger partial charge in [0.25, 0.3) is 5.91 Å². The third-order valence-corrected chi connectivity index (χ3v) is 1.83. The standard InChI is InChI=1S/C8H14N2O/c1-6(2)7-8(11)10(3)5-4-9-7/h6H,4-5H2,1-3H3. The van der Waals surface area contributed by atoms with Gasteiger partial charge in [-0.05, 0) is 0 Å². The Labute approximate surface area is 67.1 Å². The zero-order valence-corrected chi connectivity index (χ0v) is 7.29. The van der Waals surface area contributed by atoms with Gasteiger partial charge in [0, 0.05) is 19.5 Å². The van der Waals surface area contributed by atoms with Crippen LogP contribution in [0, 0.1) is 5.92 Å². The SMILES string of the molecule is CC(C)C1=NCCN(C)C1=O. The van der Waals surface area contributed by atoms with Crippen molar-refractivity contribution in [1.29, 1.82) is 0 Å². The molecule has 0 aromatic rings. The van der Waals surface area contributed by atoms with E-state index in [1.54, 1.807) is 4.90 Å². The average molecular weight is 154 g/mol. The molecule has 0 aliphatic carbocycles. The topological polar surface area (TPSA) is 32.7 Å². The highest BCUT2D eigenvalue weighted by Crippen LogP contribution is 2.05. The Morgan fingerprint density at radius 2 is 2.18 bits per heavy atom. The molecule has 1 heterocycles. The molecule has 0 saturated heterocycles. The van der Waals surface area contributed by atoms with Gasteiger partial charge in [0.2, 0.25) is 0 Å². The molecule has 62 valence electrons. The summed E-state index contributed by atoms with van der Waals surface area (Å²) in [6.45, 7) is 5.51. The van der Waals surface area contributed by atoms with Crippen LogP contribution in [-0.2, 0) is 4.79 Å². The summed E-state index contributed by atoms with van der Waals surface area (Å²) < 4.78 is 0. The Balaban J connectivity index is 2.78. The van der Waals surface area contributed by atoms with Gasteiger partial charge in [-0.15, -0.1) is 0 Å². The second kappa shape index (κ2) is 3.03. The van der Waals surface area contributed by atoms with Crippen LogP contribution < -0.4 is 0 Å². The van der Waals surface area contributed by atoms with E-state index in [2.05, 4.69) is 4.99 Å². The van der Waals surface area contributed by atoms with E-state index in [4.69, 9.17) is 0 Å². The van der Waals surface area contributed by atoms with Crippen molar-refractivity contribution in [3.05, 3.63) is 0 Å². The molecule has 0 atom stereocenters. The smallest absolute Gasteiger partial charge is 0.267 e. The van der Waals surface area contributed by atoms with Crippen molar-refractivity contribution in [3.8, 4) is 0 Å². The van der Waals surface area contributed by atoms with E-state index in [9.17, 15) is 4.79 Å². The Hall–Kier alpha value is -0.860. The molecule has 1 aliphatic heterocycles. The molecule has 0 N–H and O–H groups in total. The van der Waals surface area contributed by atoms with E-state index < -0.39 is 0 Å². The number of hydrogen-bond donors (Lipinski definition) is 0. The minimum atomic E-state index is 0.0891. The summed E-state index contributed by atoms with van der Waals surface area (Å²) >= 11 is 0. The van der Waals surface area contributed by atoms with Crippen molar-refractivity contribution in [3.63, 3.8) is 0 Å². The summed E-state index contributed by atoms with van der Waals surface area (Å²) in [5.41, 5.74) is 0.721. The number of likely N-dealkylation sites (N-methyl/N-ethyl adjacent to an activating group) is 1. The van der Waals surface area contributed by atoms with Crippen LogP contribution in [0.25, 0.3) is 0 Å². The van der Waals surface area contributed by atoms with E-state index in [0.29, 0.717) is 0 Å². The largest absolute Gasteiger partial charge is 0.339 e. The maximum absolute atomic E-state index is 11.4. The van der Waals surface area contributed by atoms with E-state index in [0.717, 1.165) is 18.8 Å². The fourth-order valence-corrected chi connectivity index (χ4v) is 1.11. The highest BCUT2D eigenvalue weighted by molar-refractivity contribution is 6.39. The quantitative estimate of drug-likeness (QED) is 0.543. The molecule has 1 aliphatic rings. The molecular weight excluding hydrogens is 140 g/mol. The Kier molecular flexibility index (Phi) is 2.27. The number of amides is 1. The molecular formula is C8H14N2O.